The Hall–Kier alpha value is -2.47. The number of hydrogen-bond donors (Lipinski definition) is 0. The zero-order valence-electron chi connectivity index (χ0n) is 12.2. The third-order valence-corrected chi connectivity index (χ3v) is 3.08. The van der Waals surface area contributed by atoms with E-state index in [4.69, 9.17) is 14.7 Å². The molecule has 0 atom stereocenters. The number of nitriles is 1. The number of aryl methyl sites for hydroxylation is 1. The van der Waals surface area contributed by atoms with Gasteiger partial charge in [-0.05, 0) is 37.5 Å². The van der Waals surface area contributed by atoms with E-state index in [1.807, 2.05) is 25.1 Å². The predicted octanol–water partition coefficient (Wildman–Crippen LogP) is 3.97. The van der Waals surface area contributed by atoms with E-state index in [0.717, 1.165) is 12.8 Å². The molecule has 2 rings (SSSR count). The molecule has 108 valence electrons. The highest BCUT2D eigenvalue weighted by molar-refractivity contribution is 5.46. The van der Waals surface area contributed by atoms with Crippen LogP contribution in [-0.4, -0.2) is 13.2 Å². The molecule has 0 radical (unpaired) electrons. The summed E-state index contributed by atoms with van der Waals surface area (Å²) in [6.07, 6.45) is 1.93. The third-order valence-electron chi connectivity index (χ3n) is 3.08. The van der Waals surface area contributed by atoms with E-state index in [9.17, 15) is 0 Å². The van der Waals surface area contributed by atoms with Crippen molar-refractivity contribution in [3.8, 4) is 17.6 Å². The van der Waals surface area contributed by atoms with E-state index in [-0.39, 0.29) is 0 Å². The highest BCUT2D eigenvalue weighted by Crippen LogP contribution is 2.28. The van der Waals surface area contributed by atoms with Gasteiger partial charge in [-0.25, -0.2) is 0 Å². The average Bonchev–Trinajstić information content (AvgIpc) is 2.54. The smallest absolute Gasteiger partial charge is 0.162 e. The maximum Gasteiger partial charge on any atom is 0.162 e. The summed E-state index contributed by atoms with van der Waals surface area (Å²) in [7, 11) is 0. The van der Waals surface area contributed by atoms with Crippen LogP contribution in [-0.2, 0) is 6.42 Å². The molecule has 0 spiro atoms. The van der Waals surface area contributed by atoms with Crippen LogP contribution < -0.4 is 9.47 Å². The molecule has 0 aliphatic carbocycles. The lowest BCUT2D eigenvalue weighted by molar-refractivity contribution is 0.273. The van der Waals surface area contributed by atoms with Crippen molar-refractivity contribution in [3.63, 3.8) is 0 Å². The van der Waals surface area contributed by atoms with Crippen LogP contribution in [0.3, 0.4) is 0 Å². The van der Waals surface area contributed by atoms with Crippen LogP contribution in [0.15, 0.2) is 48.5 Å². The molecular formula is C18H19NO2. The van der Waals surface area contributed by atoms with Crippen molar-refractivity contribution in [2.75, 3.05) is 13.2 Å². The lowest BCUT2D eigenvalue weighted by Gasteiger charge is -2.12. The zero-order chi connectivity index (χ0) is 14.9. The number of rotatable bonds is 7. The lowest BCUT2D eigenvalue weighted by Crippen LogP contribution is -2.02. The fraction of sp³-hybridized carbons (Fsp3) is 0.278. The van der Waals surface area contributed by atoms with E-state index in [1.54, 1.807) is 18.2 Å². The molecule has 0 aliphatic heterocycles. The first-order chi connectivity index (χ1) is 10.3. The minimum atomic E-state index is 0.551. The summed E-state index contributed by atoms with van der Waals surface area (Å²) >= 11 is 0. The van der Waals surface area contributed by atoms with Crippen molar-refractivity contribution in [2.45, 2.75) is 19.8 Å². The van der Waals surface area contributed by atoms with Gasteiger partial charge in [0.05, 0.1) is 24.8 Å². The van der Waals surface area contributed by atoms with Crippen molar-refractivity contribution in [1.29, 1.82) is 5.26 Å². The van der Waals surface area contributed by atoms with Gasteiger partial charge < -0.3 is 9.47 Å². The summed E-state index contributed by atoms with van der Waals surface area (Å²) in [6.45, 7) is 3.09. The van der Waals surface area contributed by atoms with E-state index in [2.05, 4.69) is 18.2 Å². The van der Waals surface area contributed by atoms with E-state index in [1.165, 1.54) is 5.56 Å². The van der Waals surface area contributed by atoms with Crippen LogP contribution in [0.4, 0.5) is 0 Å². The molecule has 0 saturated carbocycles. The molecule has 21 heavy (non-hydrogen) atoms. The number of nitrogens with zero attached hydrogens (tertiary/aromatic N) is 1. The van der Waals surface area contributed by atoms with Gasteiger partial charge in [0, 0.05) is 6.07 Å². The molecular weight excluding hydrogens is 262 g/mol. The van der Waals surface area contributed by atoms with Gasteiger partial charge in [0.1, 0.15) is 0 Å². The molecule has 3 nitrogen and oxygen atoms in total. The fourth-order valence-electron chi connectivity index (χ4n) is 2.07. The maximum absolute atomic E-state index is 8.91. The Morgan fingerprint density at radius 1 is 1.00 bits per heavy atom. The Morgan fingerprint density at radius 2 is 1.81 bits per heavy atom. The number of ether oxygens (including phenoxy) is 2. The van der Waals surface area contributed by atoms with Crippen LogP contribution in [0, 0.1) is 11.3 Å². The molecule has 0 saturated heterocycles. The maximum atomic E-state index is 8.91. The molecule has 0 aliphatic rings. The third kappa shape index (κ3) is 4.54. The summed E-state index contributed by atoms with van der Waals surface area (Å²) in [4.78, 5) is 0. The first-order valence-corrected chi connectivity index (χ1v) is 7.17. The largest absolute Gasteiger partial charge is 0.490 e. The molecule has 3 heteroatoms. The Kier molecular flexibility index (Phi) is 5.66. The molecule has 0 unspecified atom stereocenters. The van der Waals surface area contributed by atoms with Gasteiger partial charge in [-0.2, -0.15) is 5.26 Å². The van der Waals surface area contributed by atoms with Crippen LogP contribution in [0.1, 0.15) is 24.5 Å². The standard InChI is InChI=1S/C18H19NO2/c1-2-20-18-13-16(14-19)10-11-17(18)21-12-6-9-15-7-4-3-5-8-15/h3-5,7-8,10-11,13H,2,6,9,12H2,1H3. The molecule has 0 N–H and O–H groups in total. The minimum Gasteiger partial charge on any atom is -0.490 e. The Balaban J connectivity index is 1.89. The van der Waals surface area contributed by atoms with Crippen molar-refractivity contribution >= 4 is 0 Å². The van der Waals surface area contributed by atoms with Crippen LogP contribution in [0.5, 0.6) is 11.5 Å². The van der Waals surface area contributed by atoms with Crippen molar-refractivity contribution in [3.05, 3.63) is 59.7 Å². The lowest BCUT2D eigenvalue weighted by atomic mass is 10.1. The molecule has 2 aromatic carbocycles. The van der Waals surface area contributed by atoms with Gasteiger partial charge >= 0.3 is 0 Å². The van der Waals surface area contributed by atoms with Gasteiger partial charge in [-0.15, -0.1) is 0 Å². The van der Waals surface area contributed by atoms with Gasteiger partial charge in [-0.1, -0.05) is 30.3 Å². The summed E-state index contributed by atoms with van der Waals surface area (Å²) < 4.78 is 11.3. The SMILES string of the molecule is CCOc1cc(C#N)ccc1OCCCc1ccccc1. The first-order valence-electron chi connectivity index (χ1n) is 7.17. The second kappa shape index (κ2) is 7.96. The van der Waals surface area contributed by atoms with Gasteiger partial charge in [0.15, 0.2) is 11.5 Å². The van der Waals surface area contributed by atoms with E-state index >= 15 is 0 Å². The monoisotopic (exact) mass is 281 g/mol. The van der Waals surface area contributed by atoms with Crippen LogP contribution >= 0.6 is 0 Å². The Labute approximate surface area is 125 Å². The topological polar surface area (TPSA) is 42.2 Å². The highest BCUT2D eigenvalue weighted by Gasteiger charge is 2.06. The highest BCUT2D eigenvalue weighted by atomic mass is 16.5. The van der Waals surface area contributed by atoms with Gasteiger partial charge in [-0.3, -0.25) is 0 Å². The van der Waals surface area contributed by atoms with Crippen molar-refractivity contribution in [1.82, 2.24) is 0 Å². The summed E-state index contributed by atoms with van der Waals surface area (Å²) in [5.74, 6) is 1.33. The fourth-order valence-corrected chi connectivity index (χ4v) is 2.07. The minimum absolute atomic E-state index is 0.551. The normalized spacial score (nSPS) is 9.90. The zero-order valence-corrected chi connectivity index (χ0v) is 12.2. The van der Waals surface area contributed by atoms with Crippen LogP contribution in [0.25, 0.3) is 0 Å². The van der Waals surface area contributed by atoms with Crippen molar-refractivity contribution in [2.24, 2.45) is 0 Å². The van der Waals surface area contributed by atoms with Crippen LogP contribution in [0.2, 0.25) is 0 Å². The first kappa shape index (κ1) is 14.9. The summed E-state index contributed by atoms with van der Waals surface area (Å²) in [6, 6.07) is 17.7. The molecule has 0 fully saturated rings. The quantitative estimate of drug-likeness (QED) is 0.721. The molecule has 0 aromatic heterocycles. The number of benzene rings is 2. The second-order valence-corrected chi connectivity index (χ2v) is 4.64. The second-order valence-electron chi connectivity index (χ2n) is 4.64. The summed E-state index contributed by atoms with van der Waals surface area (Å²) in [5.41, 5.74) is 1.89. The summed E-state index contributed by atoms with van der Waals surface area (Å²) in [5, 5.41) is 8.91. The average molecular weight is 281 g/mol. The molecule has 0 amide bonds. The molecule has 2 aromatic rings. The Bertz CT molecular complexity index is 602. The van der Waals surface area contributed by atoms with E-state index < -0.39 is 0 Å². The molecule has 0 heterocycles. The Morgan fingerprint density at radius 3 is 2.52 bits per heavy atom. The number of hydrogen-bond acceptors (Lipinski definition) is 3. The van der Waals surface area contributed by atoms with Gasteiger partial charge in [0.2, 0.25) is 0 Å². The predicted molar refractivity (Wildman–Crippen MR) is 82.6 cm³/mol. The van der Waals surface area contributed by atoms with Gasteiger partial charge in [0.25, 0.3) is 0 Å². The van der Waals surface area contributed by atoms with Crippen molar-refractivity contribution < 1.29 is 9.47 Å². The van der Waals surface area contributed by atoms with E-state index in [0.29, 0.717) is 30.3 Å². The molecule has 0 bridgehead atoms.